The highest BCUT2D eigenvalue weighted by atomic mass is 16.5. The van der Waals surface area contributed by atoms with Gasteiger partial charge in [0.25, 0.3) is 0 Å². The SMILES string of the molecule is CNC(c1cc2ccccc2o1)C1(C)CCCCO1. The Kier molecular flexibility index (Phi) is 3.33. The van der Waals surface area contributed by atoms with E-state index in [-0.39, 0.29) is 11.6 Å². The molecule has 1 aliphatic rings. The average molecular weight is 259 g/mol. The number of benzene rings is 1. The van der Waals surface area contributed by atoms with Crippen LogP contribution < -0.4 is 5.32 Å². The Balaban J connectivity index is 1.96. The minimum absolute atomic E-state index is 0.0974. The van der Waals surface area contributed by atoms with Crippen molar-refractivity contribution in [3.05, 3.63) is 36.1 Å². The number of hydrogen-bond donors (Lipinski definition) is 1. The van der Waals surface area contributed by atoms with Crippen LogP contribution in [-0.2, 0) is 4.74 Å². The van der Waals surface area contributed by atoms with Crippen molar-refractivity contribution in [2.45, 2.75) is 37.8 Å². The van der Waals surface area contributed by atoms with E-state index in [9.17, 15) is 0 Å². The summed E-state index contributed by atoms with van der Waals surface area (Å²) in [4.78, 5) is 0. The molecule has 1 fully saturated rings. The molecule has 0 spiro atoms. The van der Waals surface area contributed by atoms with E-state index >= 15 is 0 Å². The zero-order valence-corrected chi connectivity index (χ0v) is 11.6. The minimum Gasteiger partial charge on any atom is -0.459 e. The van der Waals surface area contributed by atoms with Gasteiger partial charge in [-0.1, -0.05) is 18.2 Å². The number of furan rings is 1. The Morgan fingerprint density at radius 1 is 1.26 bits per heavy atom. The lowest BCUT2D eigenvalue weighted by Gasteiger charge is -2.39. The molecule has 0 bridgehead atoms. The molecule has 1 saturated heterocycles. The van der Waals surface area contributed by atoms with E-state index in [1.165, 1.54) is 6.42 Å². The predicted octanol–water partition coefficient (Wildman–Crippen LogP) is 3.65. The lowest BCUT2D eigenvalue weighted by Crippen LogP contribution is -2.44. The van der Waals surface area contributed by atoms with Gasteiger partial charge in [0, 0.05) is 12.0 Å². The summed E-state index contributed by atoms with van der Waals surface area (Å²) < 4.78 is 12.0. The molecule has 19 heavy (non-hydrogen) atoms. The lowest BCUT2D eigenvalue weighted by molar-refractivity contribution is -0.0919. The molecule has 1 N–H and O–H groups in total. The summed E-state index contributed by atoms with van der Waals surface area (Å²) in [7, 11) is 1.97. The van der Waals surface area contributed by atoms with E-state index in [1.54, 1.807) is 0 Å². The van der Waals surface area contributed by atoms with Gasteiger partial charge in [0.1, 0.15) is 11.3 Å². The molecule has 3 heteroatoms. The van der Waals surface area contributed by atoms with Crippen LogP contribution >= 0.6 is 0 Å². The summed E-state index contributed by atoms with van der Waals surface area (Å²) in [5, 5.41) is 4.52. The first-order valence-corrected chi connectivity index (χ1v) is 7.03. The molecule has 0 radical (unpaired) electrons. The topological polar surface area (TPSA) is 34.4 Å². The van der Waals surface area contributed by atoms with Crippen molar-refractivity contribution in [2.75, 3.05) is 13.7 Å². The van der Waals surface area contributed by atoms with Crippen molar-refractivity contribution in [1.82, 2.24) is 5.32 Å². The molecule has 3 rings (SSSR count). The Bertz CT molecular complexity index is 522. The normalized spacial score (nSPS) is 25.6. The highest BCUT2D eigenvalue weighted by molar-refractivity contribution is 5.77. The van der Waals surface area contributed by atoms with E-state index in [1.807, 2.05) is 25.2 Å². The van der Waals surface area contributed by atoms with Crippen molar-refractivity contribution in [3.8, 4) is 0 Å². The number of ether oxygens (including phenoxy) is 1. The molecule has 3 nitrogen and oxygen atoms in total. The molecule has 1 aromatic heterocycles. The monoisotopic (exact) mass is 259 g/mol. The van der Waals surface area contributed by atoms with Crippen molar-refractivity contribution < 1.29 is 9.15 Å². The van der Waals surface area contributed by atoms with Gasteiger partial charge in [0.05, 0.1) is 11.6 Å². The highest BCUT2D eigenvalue weighted by Gasteiger charge is 2.38. The molecule has 1 aromatic carbocycles. The molecule has 0 aliphatic carbocycles. The van der Waals surface area contributed by atoms with E-state index in [4.69, 9.17) is 9.15 Å². The highest BCUT2D eigenvalue weighted by Crippen LogP contribution is 2.38. The van der Waals surface area contributed by atoms with Crippen molar-refractivity contribution >= 4 is 11.0 Å². The lowest BCUT2D eigenvalue weighted by atomic mass is 9.87. The van der Waals surface area contributed by atoms with Gasteiger partial charge in [-0.05, 0) is 45.4 Å². The van der Waals surface area contributed by atoms with Crippen LogP contribution in [-0.4, -0.2) is 19.3 Å². The number of nitrogens with one attached hydrogen (secondary N) is 1. The fourth-order valence-electron chi connectivity index (χ4n) is 3.08. The molecule has 102 valence electrons. The zero-order chi connectivity index (χ0) is 13.3. The maximum absolute atomic E-state index is 6.05. The van der Waals surface area contributed by atoms with Gasteiger partial charge in [-0.15, -0.1) is 0 Å². The van der Waals surface area contributed by atoms with Gasteiger partial charge >= 0.3 is 0 Å². The van der Waals surface area contributed by atoms with Crippen LogP contribution in [0.2, 0.25) is 0 Å². The summed E-state index contributed by atoms with van der Waals surface area (Å²) in [5.41, 5.74) is 0.762. The fraction of sp³-hybridized carbons (Fsp3) is 0.500. The largest absolute Gasteiger partial charge is 0.459 e. The first kappa shape index (κ1) is 12.7. The smallest absolute Gasteiger partial charge is 0.134 e. The quantitative estimate of drug-likeness (QED) is 0.913. The van der Waals surface area contributed by atoms with Gasteiger partial charge in [0.15, 0.2) is 0 Å². The van der Waals surface area contributed by atoms with E-state index in [0.717, 1.165) is 36.2 Å². The molecule has 1 aliphatic heterocycles. The Labute approximate surface area is 113 Å². The van der Waals surface area contributed by atoms with E-state index in [2.05, 4.69) is 24.4 Å². The number of likely N-dealkylation sites (N-methyl/N-ethyl adjacent to an activating group) is 1. The molecule has 0 saturated carbocycles. The third-order valence-corrected chi connectivity index (χ3v) is 4.13. The summed E-state index contributed by atoms with van der Waals surface area (Å²) in [6.45, 7) is 3.02. The van der Waals surface area contributed by atoms with Crippen LogP contribution in [0.15, 0.2) is 34.7 Å². The Morgan fingerprint density at radius 3 is 2.79 bits per heavy atom. The number of fused-ring (bicyclic) bond motifs is 1. The maximum Gasteiger partial charge on any atom is 0.134 e. The van der Waals surface area contributed by atoms with Crippen LogP contribution in [0.5, 0.6) is 0 Å². The Morgan fingerprint density at radius 2 is 2.11 bits per heavy atom. The van der Waals surface area contributed by atoms with Gasteiger partial charge in [-0.3, -0.25) is 0 Å². The minimum atomic E-state index is -0.180. The number of hydrogen-bond acceptors (Lipinski definition) is 3. The van der Waals surface area contributed by atoms with Crippen LogP contribution in [0.25, 0.3) is 11.0 Å². The number of rotatable bonds is 3. The third-order valence-electron chi connectivity index (χ3n) is 4.13. The average Bonchev–Trinajstić information content (AvgIpc) is 2.83. The molecule has 0 amide bonds. The zero-order valence-electron chi connectivity index (χ0n) is 11.6. The molecule has 2 atom stereocenters. The predicted molar refractivity (Wildman–Crippen MR) is 76.2 cm³/mol. The summed E-state index contributed by atoms with van der Waals surface area (Å²) in [6, 6.07) is 10.4. The molecule has 2 aromatic rings. The summed E-state index contributed by atoms with van der Waals surface area (Å²) >= 11 is 0. The summed E-state index contributed by atoms with van der Waals surface area (Å²) in [5.74, 6) is 0.966. The summed E-state index contributed by atoms with van der Waals surface area (Å²) in [6.07, 6.45) is 3.44. The van der Waals surface area contributed by atoms with Gasteiger partial charge < -0.3 is 14.5 Å². The first-order valence-electron chi connectivity index (χ1n) is 7.03. The van der Waals surface area contributed by atoms with E-state index in [0.29, 0.717) is 0 Å². The maximum atomic E-state index is 6.05. The van der Waals surface area contributed by atoms with Gasteiger partial charge in [-0.25, -0.2) is 0 Å². The van der Waals surface area contributed by atoms with Crippen LogP contribution in [0, 0.1) is 0 Å². The van der Waals surface area contributed by atoms with Crippen molar-refractivity contribution in [3.63, 3.8) is 0 Å². The van der Waals surface area contributed by atoms with Crippen LogP contribution in [0.4, 0.5) is 0 Å². The Hall–Kier alpha value is -1.32. The molecular weight excluding hydrogens is 238 g/mol. The second-order valence-corrected chi connectivity index (χ2v) is 5.53. The molecular formula is C16H21NO2. The van der Waals surface area contributed by atoms with Crippen molar-refractivity contribution in [2.24, 2.45) is 0 Å². The molecule has 2 unspecified atom stereocenters. The van der Waals surface area contributed by atoms with E-state index < -0.39 is 0 Å². The number of para-hydroxylation sites is 1. The van der Waals surface area contributed by atoms with Gasteiger partial charge in [0.2, 0.25) is 0 Å². The first-order chi connectivity index (χ1) is 9.23. The fourth-order valence-corrected chi connectivity index (χ4v) is 3.08. The van der Waals surface area contributed by atoms with Crippen LogP contribution in [0.1, 0.15) is 38.0 Å². The van der Waals surface area contributed by atoms with Crippen molar-refractivity contribution in [1.29, 1.82) is 0 Å². The second-order valence-electron chi connectivity index (χ2n) is 5.53. The van der Waals surface area contributed by atoms with Crippen LogP contribution in [0.3, 0.4) is 0 Å². The standard InChI is InChI=1S/C16H21NO2/c1-16(9-5-6-10-18-16)15(17-2)14-11-12-7-3-4-8-13(12)19-14/h3-4,7-8,11,15,17H,5-6,9-10H2,1-2H3. The third kappa shape index (κ3) is 2.28. The second kappa shape index (κ2) is 4.99. The van der Waals surface area contributed by atoms with Gasteiger partial charge in [-0.2, -0.15) is 0 Å². The molecule has 2 heterocycles.